The maximum atomic E-state index is 9.31. The van der Waals surface area contributed by atoms with Gasteiger partial charge in [-0.15, -0.1) is 10.2 Å². The van der Waals surface area contributed by atoms with Gasteiger partial charge in [0, 0.05) is 25.1 Å². The molecule has 134 valence electrons. The van der Waals surface area contributed by atoms with Gasteiger partial charge in [-0.05, 0) is 49.7 Å². The molecular weight excluding hydrogens is 314 g/mol. The van der Waals surface area contributed by atoms with Crippen LogP contribution in [-0.2, 0) is 13.0 Å². The highest BCUT2D eigenvalue weighted by Crippen LogP contribution is 2.37. The van der Waals surface area contributed by atoms with Gasteiger partial charge in [-0.25, -0.2) is 0 Å². The summed E-state index contributed by atoms with van der Waals surface area (Å²) in [6, 6.07) is 9.12. The maximum Gasteiger partial charge on any atom is 0.230 e. The standard InChI is InChI=1S/C20H27N3O2/c24-13-5-12-23(14-19-21-22-20(25-19)16-8-3-9-16)18-11-4-7-15-6-1-2-10-17(15)18/h1-2,6,10,16,18,24H,3-5,7-9,11-14H2. The van der Waals surface area contributed by atoms with E-state index in [2.05, 4.69) is 39.4 Å². The summed E-state index contributed by atoms with van der Waals surface area (Å²) in [5, 5.41) is 17.9. The number of benzene rings is 1. The monoisotopic (exact) mass is 341 g/mol. The lowest BCUT2D eigenvalue weighted by molar-refractivity contribution is 0.138. The van der Waals surface area contributed by atoms with Crippen molar-refractivity contribution in [3.05, 3.63) is 47.2 Å². The van der Waals surface area contributed by atoms with Crippen molar-refractivity contribution in [1.82, 2.24) is 15.1 Å². The molecular formula is C20H27N3O2. The van der Waals surface area contributed by atoms with Gasteiger partial charge in [0.25, 0.3) is 0 Å². The fraction of sp³-hybridized carbons (Fsp3) is 0.600. The zero-order valence-electron chi connectivity index (χ0n) is 14.7. The molecule has 1 heterocycles. The van der Waals surface area contributed by atoms with Crippen molar-refractivity contribution in [3.63, 3.8) is 0 Å². The maximum absolute atomic E-state index is 9.31. The Morgan fingerprint density at radius 3 is 2.80 bits per heavy atom. The Kier molecular flexibility index (Phi) is 5.13. The van der Waals surface area contributed by atoms with Crippen molar-refractivity contribution in [3.8, 4) is 0 Å². The molecule has 5 heteroatoms. The van der Waals surface area contributed by atoms with Crippen LogP contribution in [0.1, 0.15) is 73.4 Å². The van der Waals surface area contributed by atoms with Crippen molar-refractivity contribution in [2.75, 3.05) is 13.2 Å². The van der Waals surface area contributed by atoms with E-state index in [-0.39, 0.29) is 6.61 Å². The van der Waals surface area contributed by atoms with E-state index in [0.717, 1.165) is 31.7 Å². The lowest BCUT2D eigenvalue weighted by Crippen LogP contribution is -2.32. The second kappa shape index (κ2) is 7.67. The second-order valence-corrected chi connectivity index (χ2v) is 7.32. The van der Waals surface area contributed by atoms with E-state index in [1.165, 1.54) is 36.8 Å². The third-order valence-corrected chi connectivity index (χ3v) is 5.66. The fourth-order valence-corrected chi connectivity index (χ4v) is 4.05. The van der Waals surface area contributed by atoms with Crippen molar-refractivity contribution < 1.29 is 9.52 Å². The highest BCUT2D eigenvalue weighted by atomic mass is 16.4. The molecule has 5 nitrogen and oxygen atoms in total. The summed E-state index contributed by atoms with van der Waals surface area (Å²) in [5.74, 6) is 2.00. The zero-order chi connectivity index (χ0) is 17.1. The Labute approximate surface area is 149 Å². The van der Waals surface area contributed by atoms with Crippen LogP contribution in [0.5, 0.6) is 0 Å². The molecule has 1 aromatic carbocycles. The summed E-state index contributed by atoms with van der Waals surface area (Å²) in [4.78, 5) is 2.41. The first-order chi connectivity index (χ1) is 12.3. The molecule has 0 aliphatic heterocycles. The number of aryl methyl sites for hydroxylation is 1. The third kappa shape index (κ3) is 3.62. The van der Waals surface area contributed by atoms with E-state index in [0.29, 0.717) is 24.4 Å². The van der Waals surface area contributed by atoms with Gasteiger partial charge >= 0.3 is 0 Å². The van der Waals surface area contributed by atoms with E-state index in [4.69, 9.17) is 4.42 Å². The summed E-state index contributed by atoms with van der Waals surface area (Å²) in [7, 11) is 0. The van der Waals surface area contributed by atoms with E-state index >= 15 is 0 Å². The molecule has 1 unspecified atom stereocenters. The second-order valence-electron chi connectivity index (χ2n) is 7.32. The number of aliphatic hydroxyl groups is 1. The third-order valence-electron chi connectivity index (χ3n) is 5.66. The molecule has 0 spiro atoms. The molecule has 1 atom stereocenters. The van der Waals surface area contributed by atoms with Gasteiger partial charge in [0.15, 0.2) is 0 Å². The SMILES string of the molecule is OCCCN(Cc1nnc(C2CCC2)o1)C1CCCc2ccccc21. The van der Waals surface area contributed by atoms with Crippen LogP contribution in [0.4, 0.5) is 0 Å². The number of aliphatic hydroxyl groups excluding tert-OH is 1. The minimum Gasteiger partial charge on any atom is -0.424 e. The van der Waals surface area contributed by atoms with Crippen molar-refractivity contribution >= 4 is 0 Å². The number of rotatable bonds is 7. The predicted molar refractivity (Wildman–Crippen MR) is 95.1 cm³/mol. The van der Waals surface area contributed by atoms with Crippen LogP contribution in [0.25, 0.3) is 0 Å². The smallest absolute Gasteiger partial charge is 0.230 e. The first-order valence-electron chi connectivity index (χ1n) is 9.60. The Morgan fingerprint density at radius 2 is 2.00 bits per heavy atom. The zero-order valence-corrected chi connectivity index (χ0v) is 14.7. The fourth-order valence-electron chi connectivity index (χ4n) is 4.05. The van der Waals surface area contributed by atoms with Gasteiger partial charge in [0.1, 0.15) is 0 Å². The van der Waals surface area contributed by atoms with Crippen LogP contribution < -0.4 is 0 Å². The molecule has 1 saturated carbocycles. The molecule has 2 aromatic rings. The molecule has 1 aromatic heterocycles. The molecule has 0 saturated heterocycles. The lowest BCUT2D eigenvalue weighted by atomic mass is 9.85. The minimum absolute atomic E-state index is 0.210. The average molecular weight is 341 g/mol. The first-order valence-corrected chi connectivity index (χ1v) is 9.60. The van der Waals surface area contributed by atoms with Crippen molar-refractivity contribution in [1.29, 1.82) is 0 Å². The van der Waals surface area contributed by atoms with Crippen LogP contribution in [-0.4, -0.2) is 33.4 Å². The van der Waals surface area contributed by atoms with E-state index in [1.807, 2.05) is 0 Å². The number of nitrogens with zero attached hydrogens (tertiary/aromatic N) is 3. The van der Waals surface area contributed by atoms with Gasteiger partial charge in [-0.2, -0.15) is 0 Å². The molecule has 1 N–H and O–H groups in total. The van der Waals surface area contributed by atoms with Gasteiger partial charge in [-0.3, -0.25) is 4.90 Å². The van der Waals surface area contributed by atoms with Crippen LogP contribution in [0.15, 0.2) is 28.7 Å². The number of aromatic nitrogens is 2. The Morgan fingerprint density at radius 1 is 1.12 bits per heavy atom. The van der Waals surface area contributed by atoms with E-state index in [1.54, 1.807) is 0 Å². The molecule has 25 heavy (non-hydrogen) atoms. The molecule has 0 radical (unpaired) electrons. The highest BCUT2D eigenvalue weighted by Gasteiger charge is 2.28. The van der Waals surface area contributed by atoms with Gasteiger partial charge < -0.3 is 9.52 Å². The topological polar surface area (TPSA) is 62.4 Å². The average Bonchev–Trinajstić information content (AvgIpc) is 3.04. The summed E-state index contributed by atoms with van der Waals surface area (Å²) in [6.07, 6.45) is 7.89. The van der Waals surface area contributed by atoms with Crippen LogP contribution in [0.3, 0.4) is 0 Å². The predicted octanol–water partition coefficient (Wildman–Crippen LogP) is 3.60. The van der Waals surface area contributed by atoms with Crippen LogP contribution >= 0.6 is 0 Å². The summed E-state index contributed by atoms with van der Waals surface area (Å²) < 4.78 is 5.95. The number of hydrogen-bond donors (Lipinski definition) is 1. The Bertz CT molecular complexity index is 696. The van der Waals surface area contributed by atoms with E-state index in [9.17, 15) is 5.11 Å². The number of hydrogen-bond acceptors (Lipinski definition) is 5. The van der Waals surface area contributed by atoms with Crippen molar-refractivity contribution in [2.45, 2.75) is 63.5 Å². The number of fused-ring (bicyclic) bond motifs is 1. The van der Waals surface area contributed by atoms with Crippen molar-refractivity contribution in [2.24, 2.45) is 0 Å². The molecule has 2 aliphatic rings. The summed E-state index contributed by atoms with van der Waals surface area (Å²) in [6.45, 7) is 1.72. The molecule has 0 bridgehead atoms. The Balaban J connectivity index is 1.53. The van der Waals surface area contributed by atoms with Gasteiger partial charge in [-0.1, -0.05) is 30.7 Å². The lowest BCUT2D eigenvalue weighted by Gasteiger charge is -2.35. The van der Waals surface area contributed by atoms with Gasteiger partial charge in [0.2, 0.25) is 11.8 Å². The van der Waals surface area contributed by atoms with Crippen LogP contribution in [0.2, 0.25) is 0 Å². The largest absolute Gasteiger partial charge is 0.424 e. The molecule has 1 fully saturated rings. The molecule has 2 aliphatic carbocycles. The van der Waals surface area contributed by atoms with E-state index < -0.39 is 0 Å². The normalized spacial score (nSPS) is 20.5. The highest BCUT2D eigenvalue weighted by molar-refractivity contribution is 5.32. The summed E-state index contributed by atoms with van der Waals surface area (Å²) in [5.41, 5.74) is 2.87. The molecule has 0 amide bonds. The first kappa shape index (κ1) is 16.7. The Hall–Kier alpha value is -1.72. The van der Waals surface area contributed by atoms with Gasteiger partial charge in [0.05, 0.1) is 6.54 Å². The quantitative estimate of drug-likeness (QED) is 0.834. The molecule has 4 rings (SSSR count). The minimum atomic E-state index is 0.210. The summed E-state index contributed by atoms with van der Waals surface area (Å²) >= 11 is 0. The van der Waals surface area contributed by atoms with Crippen LogP contribution in [0, 0.1) is 0 Å².